The standard InChI is InChI=1S/C12H17NOS/c1-3-13-12(14)10-7-15-11-6-8(2)4-5-9(10)11/h7-8H,3-6H2,1-2H3,(H,13,14)/t8-/m0/s1. The van der Waals surface area contributed by atoms with Crippen LogP contribution in [0.1, 0.15) is 41.1 Å². The van der Waals surface area contributed by atoms with Crippen molar-refractivity contribution in [2.45, 2.75) is 33.1 Å². The number of carbonyl (C=O) groups excluding carboxylic acids is 1. The van der Waals surface area contributed by atoms with Crippen LogP contribution in [-0.2, 0) is 12.8 Å². The molecule has 1 aromatic rings. The first-order chi connectivity index (χ1) is 7.22. The Balaban J connectivity index is 2.24. The number of carbonyl (C=O) groups is 1. The van der Waals surface area contributed by atoms with Crippen molar-refractivity contribution in [2.75, 3.05) is 6.54 Å². The van der Waals surface area contributed by atoms with Crippen LogP contribution in [0.2, 0.25) is 0 Å². The Bertz CT molecular complexity index is 370. The van der Waals surface area contributed by atoms with Gasteiger partial charge in [0.1, 0.15) is 0 Å². The van der Waals surface area contributed by atoms with E-state index in [1.165, 1.54) is 16.9 Å². The van der Waals surface area contributed by atoms with Crippen molar-refractivity contribution < 1.29 is 4.79 Å². The van der Waals surface area contributed by atoms with Gasteiger partial charge in [0.05, 0.1) is 5.56 Å². The molecule has 0 aliphatic heterocycles. The molecule has 0 saturated carbocycles. The van der Waals surface area contributed by atoms with Crippen molar-refractivity contribution in [2.24, 2.45) is 5.92 Å². The van der Waals surface area contributed by atoms with Crippen LogP contribution in [0.15, 0.2) is 5.38 Å². The first-order valence-electron chi connectivity index (χ1n) is 5.59. The number of hydrogen-bond acceptors (Lipinski definition) is 2. The Morgan fingerprint density at radius 1 is 1.67 bits per heavy atom. The summed E-state index contributed by atoms with van der Waals surface area (Å²) >= 11 is 1.75. The third-order valence-corrected chi connectivity index (χ3v) is 4.03. The van der Waals surface area contributed by atoms with E-state index >= 15 is 0 Å². The highest BCUT2D eigenvalue weighted by atomic mass is 32.1. The van der Waals surface area contributed by atoms with Gasteiger partial charge in [-0.05, 0) is 37.7 Å². The van der Waals surface area contributed by atoms with E-state index in [0.717, 1.165) is 24.3 Å². The molecule has 15 heavy (non-hydrogen) atoms. The molecule has 0 aromatic carbocycles. The predicted octanol–water partition coefficient (Wildman–Crippen LogP) is 2.62. The zero-order valence-corrected chi connectivity index (χ0v) is 10.1. The summed E-state index contributed by atoms with van der Waals surface area (Å²) in [4.78, 5) is 13.2. The van der Waals surface area contributed by atoms with Gasteiger partial charge >= 0.3 is 0 Å². The van der Waals surface area contributed by atoms with Crippen LogP contribution in [0.4, 0.5) is 0 Å². The van der Waals surface area contributed by atoms with Crippen molar-refractivity contribution >= 4 is 17.2 Å². The van der Waals surface area contributed by atoms with Crippen LogP contribution in [0.3, 0.4) is 0 Å². The molecule has 2 nitrogen and oxygen atoms in total. The van der Waals surface area contributed by atoms with Crippen molar-refractivity contribution in [3.8, 4) is 0 Å². The molecule has 1 N–H and O–H groups in total. The zero-order valence-electron chi connectivity index (χ0n) is 9.30. The fourth-order valence-corrected chi connectivity index (χ4v) is 3.37. The first-order valence-corrected chi connectivity index (χ1v) is 6.47. The molecule has 0 bridgehead atoms. The lowest BCUT2D eigenvalue weighted by molar-refractivity contribution is 0.0955. The average molecular weight is 223 g/mol. The number of rotatable bonds is 2. The predicted molar refractivity (Wildman–Crippen MR) is 63.5 cm³/mol. The molecule has 0 saturated heterocycles. The maximum atomic E-state index is 11.8. The smallest absolute Gasteiger partial charge is 0.252 e. The SMILES string of the molecule is CCNC(=O)c1csc2c1CC[C@H](C)C2. The molecule has 1 aliphatic rings. The second-order valence-corrected chi connectivity index (χ2v) is 5.22. The van der Waals surface area contributed by atoms with Crippen molar-refractivity contribution in [1.82, 2.24) is 5.32 Å². The van der Waals surface area contributed by atoms with Crippen LogP contribution in [0.25, 0.3) is 0 Å². The summed E-state index contributed by atoms with van der Waals surface area (Å²) in [5, 5.41) is 4.90. The second kappa shape index (κ2) is 4.35. The lowest BCUT2D eigenvalue weighted by atomic mass is 9.88. The Morgan fingerprint density at radius 2 is 2.47 bits per heavy atom. The van der Waals surface area contributed by atoms with E-state index in [2.05, 4.69) is 12.2 Å². The molecule has 1 heterocycles. The van der Waals surface area contributed by atoms with Crippen molar-refractivity contribution in [3.05, 3.63) is 21.4 Å². The van der Waals surface area contributed by atoms with Gasteiger partial charge in [0, 0.05) is 16.8 Å². The highest BCUT2D eigenvalue weighted by Crippen LogP contribution is 2.32. The fraction of sp³-hybridized carbons (Fsp3) is 0.583. The van der Waals surface area contributed by atoms with E-state index in [4.69, 9.17) is 0 Å². The molecule has 0 spiro atoms. The van der Waals surface area contributed by atoms with Gasteiger partial charge in [-0.15, -0.1) is 11.3 Å². The van der Waals surface area contributed by atoms with Crippen LogP contribution in [-0.4, -0.2) is 12.5 Å². The van der Waals surface area contributed by atoms with E-state index in [1.54, 1.807) is 11.3 Å². The summed E-state index contributed by atoms with van der Waals surface area (Å²) in [7, 11) is 0. The minimum absolute atomic E-state index is 0.101. The van der Waals surface area contributed by atoms with E-state index in [9.17, 15) is 4.79 Å². The molecule has 1 aromatic heterocycles. The number of hydrogen-bond donors (Lipinski definition) is 1. The molecule has 3 heteroatoms. The minimum atomic E-state index is 0.101. The van der Waals surface area contributed by atoms with Gasteiger partial charge in [-0.1, -0.05) is 6.92 Å². The molecule has 0 unspecified atom stereocenters. The van der Waals surface area contributed by atoms with Crippen LogP contribution in [0, 0.1) is 5.92 Å². The molecular formula is C12H17NOS. The molecule has 1 aliphatic carbocycles. The summed E-state index contributed by atoms with van der Waals surface area (Å²) in [6.07, 6.45) is 3.45. The molecule has 1 atom stereocenters. The highest BCUT2D eigenvalue weighted by Gasteiger charge is 2.22. The van der Waals surface area contributed by atoms with E-state index in [1.807, 2.05) is 12.3 Å². The quantitative estimate of drug-likeness (QED) is 0.820. The van der Waals surface area contributed by atoms with Crippen molar-refractivity contribution in [3.63, 3.8) is 0 Å². The average Bonchev–Trinajstić information content (AvgIpc) is 2.60. The second-order valence-electron chi connectivity index (χ2n) is 4.26. The molecule has 1 amide bonds. The lowest BCUT2D eigenvalue weighted by Gasteiger charge is -2.18. The third-order valence-electron chi connectivity index (χ3n) is 2.98. The third kappa shape index (κ3) is 2.07. The topological polar surface area (TPSA) is 29.1 Å². The number of thiophene rings is 1. The first kappa shape index (κ1) is 10.7. The van der Waals surface area contributed by atoms with E-state index < -0.39 is 0 Å². The van der Waals surface area contributed by atoms with Gasteiger partial charge in [0.15, 0.2) is 0 Å². The summed E-state index contributed by atoms with van der Waals surface area (Å²) < 4.78 is 0. The van der Waals surface area contributed by atoms with Crippen LogP contribution < -0.4 is 5.32 Å². The lowest BCUT2D eigenvalue weighted by Crippen LogP contribution is -2.24. The molecule has 0 radical (unpaired) electrons. The van der Waals surface area contributed by atoms with Gasteiger partial charge in [0.2, 0.25) is 0 Å². The monoisotopic (exact) mass is 223 g/mol. The Labute approximate surface area is 94.7 Å². The maximum Gasteiger partial charge on any atom is 0.252 e. The van der Waals surface area contributed by atoms with Gasteiger partial charge in [-0.2, -0.15) is 0 Å². The summed E-state index contributed by atoms with van der Waals surface area (Å²) in [5.74, 6) is 0.878. The molecule has 82 valence electrons. The number of nitrogens with one attached hydrogen (secondary N) is 1. The van der Waals surface area contributed by atoms with Crippen LogP contribution in [0.5, 0.6) is 0 Å². The molecular weight excluding hydrogens is 206 g/mol. The summed E-state index contributed by atoms with van der Waals surface area (Å²) in [5.41, 5.74) is 2.23. The van der Waals surface area contributed by atoms with Gasteiger partial charge < -0.3 is 5.32 Å². The minimum Gasteiger partial charge on any atom is -0.352 e. The summed E-state index contributed by atoms with van der Waals surface area (Å²) in [6.45, 7) is 4.95. The zero-order chi connectivity index (χ0) is 10.8. The Hall–Kier alpha value is -0.830. The Kier molecular flexibility index (Phi) is 3.10. The van der Waals surface area contributed by atoms with Crippen molar-refractivity contribution in [1.29, 1.82) is 0 Å². The van der Waals surface area contributed by atoms with E-state index in [-0.39, 0.29) is 5.91 Å². The van der Waals surface area contributed by atoms with Gasteiger partial charge in [-0.3, -0.25) is 4.79 Å². The Morgan fingerprint density at radius 3 is 3.20 bits per heavy atom. The van der Waals surface area contributed by atoms with Gasteiger partial charge in [0.25, 0.3) is 5.91 Å². The number of fused-ring (bicyclic) bond motifs is 1. The maximum absolute atomic E-state index is 11.8. The fourth-order valence-electron chi connectivity index (χ4n) is 2.12. The molecule has 0 fully saturated rings. The van der Waals surface area contributed by atoms with E-state index in [0.29, 0.717) is 6.54 Å². The number of amides is 1. The highest BCUT2D eigenvalue weighted by molar-refractivity contribution is 7.10. The summed E-state index contributed by atoms with van der Waals surface area (Å²) in [6, 6.07) is 0. The van der Waals surface area contributed by atoms with Crippen LogP contribution >= 0.6 is 11.3 Å². The molecule has 2 rings (SSSR count). The van der Waals surface area contributed by atoms with Gasteiger partial charge in [-0.25, -0.2) is 0 Å². The largest absolute Gasteiger partial charge is 0.352 e. The normalized spacial score (nSPS) is 19.7.